The van der Waals surface area contributed by atoms with E-state index < -0.39 is 6.10 Å². The molecule has 2 aromatic rings. The van der Waals surface area contributed by atoms with E-state index in [1.165, 1.54) is 11.5 Å². The minimum atomic E-state index is -0.410. The van der Waals surface area contributed by atoms with E-state index in [1.807, 2.05) is 24.3 Å². The van der Waals surface area contributed by atoms with Gasteiger partial charge in [0.2, 0.25) is 0 Å². The van der Waals surface area contributed by atoms with E-state index in [-0.39, 0.29) is 0 Å². The van der Waals surface area contributed by atoms with Crippen LogP contribution in [0.3, 0.4) is 0 Å². The molecule has 92 valence electrons. The Morgan fingerprint density at radius 2 is 2.29 bits per heavy atom. The van der Waals surface area contributed by atoms with Gasteiger partial charge in [0.1, 0.15) is 5.00 Å². The summed E-state index contributed by atoms with van der Waals surface area (Å²) in [4.78, 5) is 0. The summed E-state index contributed by atoms with van der Waals surface area (Å²) in [5.41, 5.74) is 1.01. The summed E-state index contributed by atoms with van der Waals surface area (Å²) in [6.07, 6.45) is 0.256. The Morgan fingerprint density at radius 3 is 3.12 bits per heavy atom. The first-order valence-electron chi connectivity index (χ1n) is 5.56. The Morgan fingerprint density at radius 1 is 1.47 bits per heavy atom. The number of hydrogen-bond donors (Lipinski definition) is 2. The van der Waals surface area contributed by atoms with Gasteiger partial charge < -0.3 is 15.2 Å². The highest BCUT2D eigenvalue weighted by atomic mass is 32.1. The molecule has 0 spiro atoms. The minimum Gasteiger partial charge on any atom is -0.391 e. The van der Waals surface area contributed by atoms with Gasteiger partial charge in [-0.05, 0) is 30.1 Å². The van der Waals surface area contributed by atoms with Gasteiger partial charge in [-0.25, -0.2) is 0 Å². The van der Waals surface area contributed by atoms with Crippen molar-refractivity contribution in [2.45, 2.75) is 12.5 Å². The summed E-state index contributed by atoms with van der Waals surface area (Å²) in [5, 5.41) is 15.0. The molecule has 5 heteroatoms. The summed E-state index contributed by atoms with van der Waals surface area (Å²) in [7, 11) is 1.59. The molecule has 0 amide bonds. The molecule has 1 atom stereocenters. The number of fused-ring (bicyclic) bond motifs is 1. The second kappa shape index (κ2) is 5.95. The molecule has 0 aliphatic carbocycles. The van der Waals surface area contributed by atoms with Crippen molar-refractivity contribution in [1.82, 2.24) is 4.37 Å². The number of methoxy groups -OCH3 is 1. The van der Waals surface area contributed by atoms with Crippen molar-refractivity contribution < 1.29 is 9.84 Å². The molecule has 0 saturated carbocycles. The SMILES string of the molecule is COCC(O)CCNc1snc2ccccc12. The molecule has 2 rings (SSSR count). The van der Waals surface area contributed by atoms with Gasteiger partial charge in [-0.3, -0.25) is 0 Å². The Labute approximate surface area is 104 Å². The Kier molecular flexibility index (Phi) is 4.30. The molecule has 0 saturated heterocycles. The van der Waals surface area contributed by atoms with Crippen LogP contribution in [0.25, 0.3) is 10.9 Å². The van der Waals surface area contributed by atoms with Gasteiger partial charge in [-0.15, -0.1) is 0 Å². The number of benzene rings is 1. The molecule has 0 aliphatic rings. The first kappa shape index (κ1) is 12.3. The van der Waals surface area contributed by atoms with Gasteiger partial charge in [0.05, 0.1) is 18.2 Å². The number of aliphatic hydroxyl groups excluding tert-OH is 1. The molecule has 1 heterocycles. The van der Waals surface area contributed by atoms with Gasteiger partial charge in [0.15, 0.2) is 0 Å². The monoisotopic (exact) mass is 252 g/mol. The molecule has 0 bridgehead atoms. The Bertz CT molecular complexity index is 472. The summed E-state index contributed by atoms with van der Waals surface area (Å²) < 4.78 is 9.22. The van der Waals surface area contributed by atoms with E-state index in [4.69, 9.17) is 4.74 Å². The van der Waals surface area contributed by atoms with E-state index >= 15 is 0 Å². The topological polar surface area (TPSA) is 54.4 Å². The number of anilines is 1. The standard InChI is InChI=1S/C12H16N2O2S/c1-16-8-9(15)6-7-13-12-10-4-2-3-5-11(10)14-17-12/h2-5,9,13,15H,6-8H2,1H3. The van der Waals surface area contributed by atoms with E-state index in [0.717, 1.165) is 22.4 Å². The molecule has 1 aromatic carbocycles. The van der Waals surface area contributed by atoms with Crippen LogP contribution in [0.1, 0.15) is 6.42 Å². The summed E-state index contributed by atoms with van der Waals surface area (Å²) in [5.74, 6) is 0. The van der Waals surface area contributed by atoms with Crippen molar-refractivity contribution in [3.63, 3.8) is 0 Å². The summed E-state index contributed by atoms with van der Waals surface area (Å²) in [6.45, 7) is 1.10. The highest BCUT2D eigenvalue weighted by Crippen LogP contribution is 2.26. The van der Waals surface area contributed by atoms with Crippen LogP contribution in [0.2, 0.25) is 0 Å². The van der Waals surface area contributed by atoms with Crippen molar-refractivity contribution in [2.75, 3.05) is 25.6 Å². The Hall–Kier alpha value is -1.17. The molecular formula is C12H16N2O2S. The highest BCUT2D eigenvalue weighted by molar-refractivity contribution is 7.11. The van der Waals surface area contributed by atoms with Gasteiger partial charge in [-0.2, -0.15) is 4.37 Å². The van der Waals surface area contributed by atoms with Crippen molar-refractivity contribution in [1.29, 1.82) is 0 Å². The van der Waals surface area contributed by atoms with Gasteiger partial charge in [0.25, 0.3) is 0 Å². The number of aromatic nitrogens is 1. The van der Waals surface area contributed by atoms with E-state index in [2.05, 4.69) is 9.69 Å². The van der Waals surface area contributed by atoms with Crippen LogP contribution in [0.4, 0.5) is 5.00 Å². The average Bonchev–Trinajstić information content (AvgIpc) is 2.73. The fourth-order valence-corrected chi connectivity index (χ4v) is 2.43. The molecule has 17 heavy (non-hydrogen) atoms. The van der Waals surface area contributed by atoms with Crippen LogP contribution in [0.15, 0.2) is 24.3 Å². The molecule has 0 radical (unpaired) electrons. The fraction of sp³-hybridized carbons (Fsp3) is 0.417. The maximum absolute atomic E-state index is 9.51. The molecular weight excluding hydrogens is 236 g/mol. The van der Waals surface area contributed by atoms with Crippen LogP contribution in [0, 0.1) is 0 Å². The van der Waals surface area contributed by atoms with Crippen molar-refractivity contribution in [2.24, 2.45) is 0 Å². The van der Waals surface area contributed by atoms with E-state index in [1.54, 1.807) is 7.11 Å². The lowest BCUT2D eigenvalue weighted by molar-refractivity contribution is 0.0615. The average molecular weight is 252 g/mol. The normalized spacial score (nSPS) is 12.8. The van der Waals surface area contributed by atoms with Crippen LogP contribution in [-0.4, -0.2) is 35.8 Å². The van der Waals surface area contributed by atoms with Crippen LogP contribution in [0.5, 0.6) is 0 Å². The first-order valence-corrected chi connectivity index (χ1v) is 6.34. The molecule has 2 N–H and O–H groups in total. The molecule has 0 fully saturated rings. The first-order chi connectivity index (χ1) is 8.31. The molecule has 4 nitrogen and oxygen atoms in total. The maximum atomic E-state index is 9.51. The zero-order valence-corrected chi connectivity index (χ0v) is 10.5. The second-order valence-corrected chi connectivity index (χ2v) is 4.63. The second-order valence-electron chi connectivity index (χ2n) is 3.85. The zero-order valence-electron chi connectivity index (χ0n) is 9.72. The third-order valence-corrected chi connectivity index (χ3v) is 3.34. The van der Waals surface area contributed by atoms with Crippen LogP contribution < -0.4 is 5.32 Å². The minimum absolute atomic E-state index is 0.380. The zero-order chi connectivity index (χ0) is 12.1. The third-order valence-electron chi connectivity index (χ3n) is 2.51. The predicted octanol–water partition coefficient (Wildman–Crippen LogP) is 2.11. The number of aliphatic hydroxyl groups is 1. The van der Waals surface area contributed by atoms with Crippen molar-refractivity contribution in [3.8, 4) is 0 Å². The lowest BCUT2D eigenvalue weighted by atomic mass is 10.2. The smallest absolute Gasteiger partial charge is 0.117 e. The molecule has 1 unspecified atom stereocenters. The molecule has 0 aliphatic heterocycles. The largest absolute Gasteiger partial charge is 0.391 e. The summed E-state index contributed by atoms with van der Waals surface area (Å²) in [6, 6.07) is 8.03. The van der Waals surface area contributed by atoms with Crippen molar-refractivity contribution in [3.05, 3.63) is 24.3 Å². The summed E-state index contributed by atoms with van der Waals surface area (Å²) >= 11 is 1.45. The molecule has 1 aromatic heterocycles. The third kappa shape index (κ3) is 3.15. The lowest BCUT2D eigenvalue weighted by Gasteiger charge is -2.09. The van der Waals surface area contributed by atoms with Gasteiger partial charge in [-0.1, -0.05) is 12.1 Å². The van der Waals surface area contributed by atoms with E-state index in [0.29, 0.717) is 13.0 Å². The maximum Gasteiger partial charge on any atom is 0.117 e. The number of ether oxygens (including phenoxy) is 1. The quantitative estimate of drug-likeness (QED) is 0.826. The van der Waals surface area contributed by atoms with Gasteiger partial charge >= 0.3 is 0 Å². The van der Waals surface area contributed by atoms with Crippen molar-refractivity contribution >= 4 is 27.4 Å². The van der Waals surface area contributed by atoms with E-state index in [9.17, 15) is 5.11 Å². The highest BCUT2D eigenvalue weighted by Gasteiger charge is 2.06. The number of hydrogen-bond acceptors (Lipinski definition) is 5. The van der Waals surface area contributed by atoms with Crippen LogP contribution >= 0.6 is 11.5 Å². The predicted molar refractivity (Wildman–Crippen MR) is 70.6 cm³/mol. The Balaban J connectivity index is 1.91. The lowest BCUT2D eigenvalue weighted by Crippen LogP contribution is -2.18. The van der Waals surface area contributed by atoms with Crippen LogP contribution in [-0.2, 0) is 4.74 Å². The van der Waals surface area contributed by atoms with Gasteiger partial charge in [0, 0.05) is 19.0 Å². The number of nitrogens with zero attached hydrogens (tertiary/aromatic N) is 1. The number of rotatable bonds is 6. The number of nitrogens with one attached hydrogen (secondary N) is 1. The fourth-order valence-electron chi connectivity index (χ4n) is 1.64.